The molecule has 0 bridgehead atoms. The van der Waals surface area contributed by atoms with E-state index >= 15 is 0 Å². The van der Waals surface area contributed by atoms with Gasteiger partial charge in [-0.1, -0.05) is 18.6 Å². The molecule has 1 heterocycles. The maximum atomic E-state index is 12.7. The van der Waals surface area contributed by atoms with Crippen LogP contribution in [0.25, 0.3) is 0 Å². The van der Waals surface area contributed by atoms with E-state index in [0.717, 1.165) is 18.7 Å². The van der Waals surface area contributed by atoms with Crippen LogP contribution in [0.5, 0.6) is 0 Å². The maximum absolute atomic E-state index is 12.7. The van der Waals surface area contributed by atoms with Gasteiger partial charge in [0.1, 0.15) is 5.82 Å². The molecule has 1 saturated heterocycles. The van der Waals surface area contributed by atoms with Crippen LogP contribution in [0.15, 0.2) is 24.3 Å². The Bertz CT molecular complexity index is 336. The molecule has 0 aliphatic carbocycles. The summed E-state index contributed by atoms with van der Waals surface area (Å²) >= 11 is 0. The minimum absolute atomic E-state index is 0.273. The van der Waals surface area contributed by atoms with Gasteiger partial charge in [0.25, 0.3) is 0 Å². The smallest absolute Gasteiger partial charge is 0.123 e. The molecule has 1 fully saturated rings. The third-order valence-electron chi connectivity index (χ3n) is 3.12. The molecule has 4 heteroatoms. The molecule has 94 valence electrons. The molecule has 17 heavy (non-hydrogen) atoms. The molecule has 0 spiro atoms. The summed E-state index contributed by atoms with van der Waals surface area (Å²) in [6.45, 7) is 2.55. The van der Waals surface area contributed by atoms with Crippen LogP contribution in [0.2, 0.25) is 0 Å². The Kier molecular flexibility index (Phi) is 4.48. The van der Waals surface area contributed by atoms with Crippen LogP contribution in [0.4, 0.5) is 4.39 Å². The highest BCUT2D eigenvalue weighted by Crippen LogP contribution is 2.13. The largest absolute Gasteiger partial charge is 0.387 e. The molecule has 1 aromatic carbocycles. The van der Waals surface area contributed by atoms with Gasteiger partial charge in [-0.25, -0.2) is 9.40 Å². The molecular formula is C13H19FN2O. The van der Waals surface area contributed by atoms with Gasteiger partial charge in [-0.05, 0) is 30.5 Å². The van der Waals surface area contributed by atoms with E-state index in [9.17, 15) is 9.50 Å². The van der Waals surface area contributed by atoms with Crippen LogP contribution in [0, 0.1) is 5.82 Å². The first-order valence-corrected chi connectivity index (χ1v) is 6.18. The summed E-state index contributed by atoms with van der Waals surface area (Å²) in [6.07, 6.45) is 3.12. The third-order valence-corrected chi connectivity index (χ3v) is 3.12. The Morgan fingerprint density at radius 1 is 1.18 bits per heavy atom. The first-order chi connectivity index (χ1) is 8.25. The standard InChI is InChI=1S/C13H19FN2O/c14-12-6-4-11(5-7-12)13(17)10-15-16-8-2-1-3-9-16/h4-7,13,15,17H,1-3,8-10H2. The predicted octanol–water partition coefficient (Wildman–Crippen LogP) is 1.85. The second-order valence-corrected chi connectivity index (χ2v) is 4.48. The molecular weight excluding hydrogens is 219 g/mol. The van der Waals surface area contributed by atoms with Crippen molar-refractivity contribution >= 4 is 0 Å². The van der Waals surface area contributed by atoms with Crippen molar-refractivity contribution in [1.82, 2.24) is 10.4 Å². The fourth-order valence-corrected chi connectivity index (χ4v) is 2.07. The first-order valence-electron chi connectivity index (χ1n) is 6.18. The molecule has 0 radical (unpaired) electrons. The number of nitrogens with zero attached hydrogens (tertiary/aromatic N) is 1. The van der Waals surface area contributed by atoms with E-state index in [2.05, 4.69) is 10.4 Å². The molecule has 2 N–H and O–H groups in total. The number of hydrogen-bond acceptors (Lipinski definition) is 3. The zero-order chi connectivity index (χ0) is 12.1. The molecule has 1 aliphatic heterocycles. The molecule has 0 amide bonds. The normalized spacial score (nSPS) is 19.2. The van der Waals surface area contributed by atoms with Gasteiger partial charge in [0.15, 0.2) is 0 Å². The van der Waals surface area contributed by atoms with E-state index in [0.29, 0.717) is 6.54 Å². The van der Waals surface area contributed by atoms with E-state index in [1.165, 1.54) is 31.4 Å². The van der Waals surface area contributed by atoms with E-state index < -0.39 is 6.10 Å². The van der Waals surface area contributed by atoms with Crippen LogP contribution < -0.4 is 5.43 Å². The van der Waals surface area contributed by atoms with E-state index in [-0.39, 0.29) is 5.82 Å². The predicted molar refractivity (Wildman–Crippen MR) is 64.8 cm³/mol. The van der Waals surface area contributed by atoms with Gasteiger partial charge < -0.3 is 5.11 Å². The van der Waals surface area contributed by atoms with Gasteiger partial charge in [0.05, 0.1) is 6.10 Å². The summed E-state index contributed by atoms with van der Waals surface area (Å²) in [6, 6.07) is 5.99. The summed E-state index contributed by atoms with van der Waals surface area (Å²) in [5, 5.41) is 12.1. The first kappa shape index (κ1) is 12.5. The number of hydrazine groups is 1. The number of halogens is 1. The minimum Gasteiger partial charge on any atom is -0.387 e. The van der Waals surface area contributed by atoms with Gasteiger partial charge in [-0.15, -0.1) is 0 Å². The molecule has 1 unspecified atom stereocenters. The van der Waals surface area contributed by atoms with Gasteiger partial charge in [0, 0.05) is 19.6 Å². The van der Waals surface area contributed by atoms with Crippen molar-refractivity contribution in [2.45, 2.75) is 25.4 Å². The molecule has 1 aromatic rings. The molecule has 0 saturated carbocycles. The lowest BCUT2D eigenvalue weighted by atomic mass is 10.1. The molecule has 1 aliphatic rings. The van der Waals surface area contributed by atoms with Crippen molar-refractivity contribution in [1.29, 1.82) is 0 Å². The minimum atomic E-state index is -0.586. The van der Waals surface area contributed by atoms with Crippen LogP contribution in [-0.4, -0.2) is 29.7 Å². The number of aliphatic hydroxyl groups is 1. The average molecular weight is 238 g/mol. The van der Waals surface area contributed by atoms with Crippen LogP contribution in [-0.2, 0) is 0 Å². The summed E-state index contributed by atoms with van der Waals surface area (Å²) in [5.41, 5.74) is 3.97. The number of piperidine rings is 1. The summed E-state index contributed by atoms with van der Waals surface area (Å²) in [5.74, 6) is -0.273. The van der Waals surface area contributed by atoms with Gasteiger partial charge in [0.2, 0.25) is 0 Å². The number of benzene rings is 1. The lowest BCUT2D eigenvalue weighted by Crippen LogP contribution is -2.43. The number of rotatable bonds is 4. The molecule has 2 rings (SSSR count). The molecule has 0 aromatic heterocycles. The highest BCUT2D eigenvalue weighted by molar-refractivity contribution is 5.18. The van der Waals surface area contributed by atoms with Crippen molar-refractivity contribution in [3.63, 3.8) is 0 Å². The highest BCUT2D eigenvalue weighted by atomic mass is 19.1. The monoisotopic (exact) mass is 238 g/mol. The highest BCUT2D eigenvalue weighted by Gasteiger charge is 2.12. The Balaban J connectivity index is 1.80. The number of hydrogen-bond donors (Lipinski definition) is 2. The van der Waals surface area contributed by atoms with Crippen LogP contribution in [0.1, 0.15) is 30.9 Å². The van der Waals surface area contributed by atoms with Crippen molar-refractivity contribution in [2.24, 2.45) is 0 Å². The second kappa shape index (κ2) is 6.10. The zero-order valence-electron chi connectivity index (χ0n) is 9.90. The number of aliphatic hydroxyl groups excluding tert-OH is 1. The fraction of sp³-hybridized carbons (Fsp3) is 0.538. The quantitative estimate of drug-likeness (QED) is 0.840. The lowest BCUT2D eigenvalue weighted by molar-refractivity contribution is 0.0996. The van der Waals surface area contributed by atoms with Gasteiger partial charge in [-0.3, -0.25) is 5.43 Å². The van der Waals surface area contributed by atoms with Crippen molar-refractivity contribution in [2.75, 3.05) is 19.6 Å². The Morgan fingerprint density at radius 2 is 1.82 bits per heavy atom. The van der Waals surface area contributed by atoms with Gasteiger partial charge in [-0.2, -0.15) is 0 Å². The van der Waals surface area contributed by atoms with Gasteiger partial charge >= 0.3 is 0 Å². The Morgan fingerprint density at radius 3 is 2.47 bits per heavy atom. The summed E-state index contributed by atoms with van der Waals surface area (Å²) in [4.78, 5) is 0. The van der Waals surface area contributed by atoms with E-state index in [4.69, 9.17) is 0 Å². The van der Waals surface area contributed by atoms with Crippen LogP contribution >= 0.6 is 0 Å². The molecule has 3 nitrogen and oxygen atoms in total. The topological polar surface area (TPSA) is 35.5 Å². The van der Waals surface area contributed by atoms with Crippen LogP contribution in [0.3, 0.4) is 0 Å². The summed E-state index contributed by atoms with van der Waals surface area (Å²) < 4.78 is 12.7. The van der Waals surface area contributed by atoms with Crippen molar-refractivity contribution in [3.8, 4) is 0 Å². The van der Waals surface area contributed by atoms with Crippen molar-refractivity contribution in [3.05, 3.63) is 35.6 Å². The Hall–Kier alpha value is -0.970. The number of nitrogens with one attached hydrogen (secondary N) is 1. The van der Waals surface area contributed by atoms with E-state index in [1.807, 2.05) is 0 Å². The van der Waals surface area contributed by atoms with Crippen molar-refractivity contribution < 1.29 is 9.50 Å². The fourth-order valence-electron chi connectivity index (χ4n) is 2.07. The summed E-state index contributed by atoms with van der Waals surface area (Å²) in [7, 11) is 0. The second-order valence-electron chi connectivity index (χ2n) is 4.48. The van der Waals surface area contributed by atoms with E-state index in [1.54, 1.807) is 12.1 Å². The lowest BCUT2D eigenvalue weighted by Gasteiger charge is -2.28. The molecule has 1 atom stereocenters. The third kappa shape index (κ3) is 3.77. The SMILES string of the molecule is OC(CNN1CCCCC1)c1ccc(F)cc1. The maximum Gasteiger partial charge on any atom is 0.123 e. The zero-order valence-corrected chi connectivity index (χ0v) is 9.90. The average Bonchev–Trinajstić information content (AvgIpc) is 2.38. The Labute approximate surface area is 101 Å².